The van der Waals surface area contributed by atoms with Gasteiger partial charge < -0.3 is 15.5 Å². The number of amides is 1. The molecule has 0 unspecified atom stereocenters. The number of nitrogens with one attached hydrogen (secondary N) is 1. The Morgan fingerprint density at radius 2 is 2.00 bits per heavy atom. The number of carbonyl (C=O) groups excluding carboxylic acids is 2. The number of benzene rings is 1. The maximum Gasteiger partial charge on any atom is 0.271 e. The minimum absolute atomic E-state index is 0.117. The Hall–Kier alpha value is -3.61. The summed E-state index contributed by atoms with van der Waals surface area (Å²) < 4.78 is 6.65. The van der Waals surface area contributed by atoms with E-state index in [1.54, 1.807) is 16.9 Å². The summed E-state index contributed by atoms with van der Waals surface area (Å²) in [6.07, 6.45) is 5.61. The summed E-state index contributed by atoms with van der Waals surface area (Å²) >= 11 is 0. The first-order chi connectivity index (χ1) is 12.1. The van der Waals surface area contributed by atoms with Crippen LogP contribution in [0.15, 0.2) is 77.3 Å². The number of anilines is 1. The minimum Gasteiger partial charge on any atom is -0.461 e. The highest BCUT2D eigenvalue weighted by molar-refractivity contribution is 6.11. The number of hydrogen-bond donors (Lipinski definition) is 2. The number of furan rings is 1. The molecule has 0 spiro atoms. The second kappa shape index (κ2) is 7.31. The average Bonchev–Trinajstić information content (AvgIpc) is 3.28. The van der Waals surface area contributed by atoms with Crippen molar-refractivity contribution in [2.75, 3.05) is 5.32 Å². The summed E-state index contributed by atoms with van der Waals surface area (Å²) in [7, 11) is 0. The molecule has 7 heteroatoms. The predicted octanol–water partition coefficient (Wildman–Crippen LogP) is 2.19. The molecule has 0 saturated heterocycles. The fraction of sp³-hybridized carbons (Fsp3) is 0.0556. The van der Waals surface area contributed by atoms with Gasteiger partial charge in [-0.15, -0.1) is 0 Å². The summed E-state index contributed by atoms with van der Waals surface area (Å²) in [5.41, 5.74) is 7.03. The SMILES string of the molecule is NC(=CC(=O)c1ccco1)C(=O)Nc1cnn(Cc2ccccc2)c1. The van der Waals surface area contributed by atoms with E-state index in [1.165, 1.54) is 18.5 Å². The molecule has 0 bridgehead atoms. The predicted molar refractivity (Wildman–Crippen MR) is 91.7 cm³/mol. The van der Waals surface area contributed by atoms with Gasteiger partial charge in [-0.3, -0.25) is 14.3 Å². The molecule has 0 aliphatic heterocycles. The van der Waals surface area contributed by atoms with Crippen molar-refractivity contribution < 1.29 is 14.0 Å². The van der Waals surface area contributed by atoms with Crippen LogP contribution in [0, 0.1) is 0 Å². The van der Waals surface area contributed by atoms with E-state index in [-0.39, 0.29) is 11.5 Å². The third-order valence-electron chi connectivity index (χ3n) is 3.39. The molecule has 25 heavy (non-hydrogen) atoms. The number of carbonyl (C=O) groups is 2. The number of allylic oxidation sites excluding steroid dienone is 1. The molecule has 3 N–H and O–H groups in total. The van der Waals surface area contributed by atoms with Crippen LogP contribution in [0.25, 0.3) is 0 Å². The topological polar surface area (TPSA) is 103 Å². The van der Waals surface area contributed by atoms with Crippen LogP contribution in [0.1, 0.15) is 16.1 Å². The molecular formula is C18H16N4O3. The van der Waals surface area contributed by atoms with E-state index in [1.807, 2.05) is 30.3 Å². The van der Waals surface area contributed by atoms with Crippen LogP contribution in [-0.4, -0.2) is 21.5 Å². The van der Waals surface area contributed by atoms with Crippen molar-refractivity contribution >= 4 is 17.4 Å². The third-order valence-corrected chi connectivity index (χ3v) is 3.39. The van der Waals surface area contributed by atoms with Gasteiger partial charge in [0, 0.05) is 12.3 Å². The normalized spacial score (nSPS) is 11.3. The van der Waals surface area contributed by atoms with E-state index in [2.05, 4.69) is 10.4 Å². The smallest absolute Gasteiger partial charge is 0.271 e. The summed E-state index contributed by atoms with van der Waals surface area (Å²) in [4.78, 5) is 23.9. The molecule has 2 heterocycles. The van der Waals surface area contributed by atoms with Crippen LogP contribution < -0.4 is 11.1 Å². The van der Waals surface area contributed by atoms with Crippen LogP contribution in [-0.2, 0) is 11.3 Å². The Bertz CT molecular complexity index is 896. The van der Waals surface area contributed by atoms with Crippen molar-refractivity contribution in [3.8, 4) is 0 Å². The molecule has 7 nitrogen and oxygen atoms in total. The fourth-order valence-electron chi connectivity index (χ4n) is 2.19. The number of nitrogens with two attached hydrogens (primary N) is 1. The lowest BCUT2D eigenvalue weighted by atomic mass is 10.2. The van der Waals surface area contributed by atoms with Crippen molar-refractivity contribution in [2.24, 2.45) is 5.73 Å². The van der Waals surface area contributed by atoms with Gasteiger partial charge in [-0.1, -0.05) is 30.3 Å². The maximum atomic E-state index is 12.1. The van der Waals surface area contributed by atoms with Crippen LogP contribution in [0.4, 0.5) is 5.69 Å². The van der Waals surface area contributed by atoms with Gasteiger partial charge in [0.15, 0.2) is 5.76 Å². The molecule has 1 amide bonds. The molecule has 3 rings (SSSR count). The molecule has 2 aromatic heterocycles. The quantitative estimate of drug-likeness (QED) is 0.530. The second-order valence-electron chi connectivity index (χ2n) is 5.31. The van der Waals surface area contributed by atoms with Gasteiger partial charge in [-0.05, 0) is 17.7 Å². The van der Waals surface area contributed by atoms with Crippen molar-refractivity contribution in [1.29, 1.82) is 0 Å². The van der Waals surface area contributed by atoms with E-state index in [4.69, 9.17) is 10.2 Å². The van der Waals surface area contributed by atoms with Gasteiger partial charge in [0.25, 0.3) is 5.91 Å². The Kier molecular flexibility index (Phi) is 4.75. The zero-order valence-corrected chi connectivity index (χ0v) is 13.3. The van der Waals surface area contributed by atoms with Crippen molar-refractivity contribution in [3.05, 3.63) is 84.2 Å². The van der Waals surface area contributed by atoms with Crippen LogP contribution in [0.3, 0.4) is 0 Å². The van der Waals surface area contributed by atoms with E-state index in [0.29, 0.717) is 12.2 Å². The zero-order chi connectivity index (χ0) is 17.6. The Morgan fingerprint density at radius 3 is 2.72 bits per heavy atom. The van der Waals surface area contributed by atoms with Gasteiger partial charge in [-0.2, -0.15) is 5.10 Å². The molecule has 0 aliphatic rings. The fourth-order valence-corrected chi connectivity index (χ4v) is 2.19. The molecule has 0 radical (unpaired) electrons. The standard InChI is InChI=1S/C18H16N4O3/c19-15(9-16(23)17-7-4-8-25-17)18(24)21-14-10-20-22(12-14)11-13-5-2-1-3-6-13/h1-10,12H,11,19H2,(H,21,24). The van der Waals surface area contributed by atoms with Gasteiger partial charge in [0.05, 0.1) is 24.7 Å². The molecular weight excluding hydrogens is 320 g/mol. The lowest BCUT2D eigenvalue weighted by Gasteiger charge is -2.02. The summed E-state index contributed by atoms with van der Waals surface area (Å²) in [6.45, 7) is 0.582. The van der Waals surface area contributed by atoms with Crippen molar-refractivity contribution in [1.82, 2.24) is 9.78 Å². The largest absolute Gasteiger partial charge is 0.461 e. The Morgan fingerprint density at radius 1 is 1.20 bits per heavy atom. The molecule has 1 aromatic carbocycles. The van der Waals surface area contributed by atoms with Gasteiger partial charge >= 0.3 is 0 Å². The van der Waals surface area contributed by atoms with Crippen molar-refractivity contribution in [3.63, 3.8) is 0 Å². The first-order valence-electron chi connectivity index (χ1n) is 7.54. The lowest BCUT2D eigenvalue weighted by Crippen LogP contribution is -2.21. The molecule has 3 aromatic rings. The minimum atomic E-state index is -0.584. The Labute approximate surface area is 143 Å². The number of rotatable bonds is 6. The summed E-state index contributed by atoms with van der Waals surface area (Å²) in [6, 6.07) is 12.9. The van der Waals surface area contributed by atoms with Crippen LogP contribution >= 0.6 is 0 Å². The number of hydrogen-bond acceptors (Lipinski definition) is 5. The van der Waals surface area contributed by atoms with Gasteiger partial charge in [0.2, 0.25) is 5.78 Å². The van der Waals surface area contributed by atoms with E-state index in [0.717, 1.165) is 11.6 Å². The Balaban J connectivity index is 1.62. The van der Waals surface area contributed by atoms with E-state index >= 15 is 0 Å². The first-order valence-corrected chi connectivity index (χ1v) is 7.54. The molecule has 0 saturated carbocycles. The maximum absolute atomic E-state index is 12.1. The highest BCUT2D eigenvalue weighted by Crippen LogP contribution is 2.09. The summed E-state index contributed by atoms with van der Waals surface area (Å²) in [5, 5.41) is 6.79. The molecule has 0 atom stereocenters. The van der Waals surface area contributed by atoms with E-state index < -0.39 is 11.7 Å². The third kappa shape index (κ3) is 4.23. The van der Waals surface area contributed by atoms with Gasteiger partial charge in [0.1, 0.15) is 5.70 Å². The monoisotopic (exact) mass is 336 g/mol. The lowest BCUT2D eigenvalue weighted by molar-refractivity contribution is -0.112. The number of aromatic nitrogens is 2. The average molecular weight is 336 g/mol. The first kappa shape index (κ1) is 16.3. The molecule has 0 aliphatic carbocycles. The van der Waals surface area contributed by atoms with Crippen LogP contribution in [0.5, 0.6) is 0 Å². The van der Waals surface area contributed by atoms with E-state index in [9.17, 15) is 9.59 Å². The van der Waals surface area contributed by atoms with Gasteiger partial charge in [-0.25, -0.2) is 0 Å². The second-order valence-corrected chi connectivity index (χ2v) is 5.31. The van der Waals surface area contributed by atoms with Crippen LogP contribution in [0.2, 0.25) is 0 Å². The number of ketones is 1. The number of nitrogens with zero attached hydrogens (tertiary/aromatic N) is 2. The van der Waals surface area contributed by atoms with Crippen molar-refractivity contribution in [2.45, 2.75) is 6.54 Å². The summed E-state index contributed by atoms with van der Waals surface area (Å²) in [5.74, 6) is -0.942. The highest BCUT2D eigenvalue weighted by atomic mass is 16.3. The molecule has 0 fully saturated rings. The molecule has 126 valence electrons. The zero-order valence-electron chi connectivity index (χ0n) is 13.3. The highest BCUT2D eigenvalue weighted by Gasteiger charge is 2.12.